The number of rotatable bonds is 4. The van der Waals surface area contributed by atoms with Crippen molar-refractivity contribution in [3.63, 3.8) is 0 Å². The van der Waals surface area contributed by atoms with Gasteiger partial charge in [-0.1, -0.05) is 23.2 Å². The van der Waals surface area contributed by atoms with Gasteiger partial charge in [-0.3, -0.25) is 9.78 Å². The third kappa shape index (κ3) is 3.14. The van der Waals surface area contributed by atoms with E-state index >= 15 is 0 Å². The van der Waals surface area contributed by atoms with Crippen LogP contribution in [0.2, 0.25) is 10.0 Å². The molecule has 0 fully saturated rings. The van der Waals surface area contributed by atoms with E-state index in [2.05, 4.69) is 10.3 Å². The second-order valence-electron chi connectivity index (χ2n) is 4.49. The molecule has 2 heterocycles. The summed E-state index contributed by atoms with van der Waals surface area (Å²) in [6, 6.07) is 10.6. The van der Waals surface area contributed by atoms with Crippen LogP contribution in [0.3, 0.4) is 0 Å². The van der Waals surface area contributed by atoms with Gasteiger partial charge in [-0.2, -0.15) is 0 Å². The number of ketones is 1. The minimum Gasteiger partial charge on any atom is -0.354 e. The van der Waals surface area contributed by atoms with Crippen molar-refractivity contribution in [2.45, 2.75) is 0 Å². The maximum Gasteiger partial charge on any atom is 0.205 e. The Bertz CT molecular complexity index is 818. The lowest BCUT2D eigenvalue weighted by Gasteiger charge is -2.08. The van der Waals surface area contributed by atoms with Crippen molar-refractivity contribution >= 4 is 51.7 Å². The van der Waals surface area contributed by atoms with Crippen molar-refractivity contribution in [2.75, 3.05) is 5.32 Å². The SMILES string of the molecule is O=C(c1ccc(Nc2cccnc2)cc1Cl)c1sccc1Cl. The van der Waals surface area contributed by atoms with E-state index in [0.29, 0.717) is 20.5 Å². The molecular weight excluding hydrogens is 339 g/mol. The van der Waals surface area contributed by atoms with Crippen LogP contribution in [-0.2, 0) is 0 Å². The fraction of sp³-hybridized carbons (Fsp3) is 0. The minimum absolute atomic E-state index is 0.169. The van der Waals surface area contributed by atoms with Crippen LogP contribution in [0.5, 0.6) is 0 Å². The zero-order valence-electron chi connectivity index (χ0n) is 11.2. The van der Waals surface area contributed by atoms with Gasteiger partial charge >= 0.3 is 0 Å². The molecule has 110 valence electrons. The fourth-order valence-electron chi connectivity index (χ4n) is 1.96. The highest BCUT2D eigenvalue weighted by molar-refractivity contribution is 7.13. The summed E-state index contributed by atoms with van der Waals surface area (Å²) in [7, 11) is 0. The van der Waals surface area contributed by atoms with Crippen LogP contribution in [0.1, 0.15) is 15.2 Å². The highest BCUT2D eigenvalue weighted by Gasteiger charge is 2.17. The highest BCUT2D eigenvalue weighted by atomic mass is 35.5. The van der Waals surface area contributed by atoms with Gasteiger partial charge in [0.1, 0.15) is 0 Å². The fourth-order valence-corrected chi connectivity index (χ4v) is 3.32. The number of halogens is 2. The van der Waals surface area contributed by atoms with Crippen LogP contribution in [0.15, 0.2) is 54.2 Å². The number of pyridine rings is 1. The number of hydrogen-bond donors (Lipinski definition) is 1. The molecular formula is C16H10Cl2N2OS. The summed E-state index contributed by atoms with van der Waals surface area (Å²) in [5, 5.41) is 5.78. The first-order chi connectivity index (χ1) is 10.6. The first-order valence-corrected chi connectivity index (χ1v) is 8.03. The van der Waals surface area contributed by atoms with Crippen molar-refractivity contribution in [1.82, 2.24) is 4.98 Å². The summed E-state index contributed by atoms with van der Waals surface area (Å²) >= 11 is 13.6. The Morgan fingerprint density at radius 2 is 1.95 bits per heavy atom. The van der Waals surface area contributed by atoms with E-state index in [1.807, 2.05) is 12.1 Å². The van der Waals surface area contributed by atoms with Crippen LogP contribution in [-0.4, -0.2) is 10.8 Å². The molecule has 6 heteroatoms. The standard InChI is InChI=1S/C16H10Cl2N2OS/c17-13-5-7-22-16(13)15(21)12-4-3-10(8-14(12)18)20-11-2-1-6-19-9-11/h1-9,20H. The number of thiophene rings is 1. The van der Waals surface area contributed by atoms with E-state index in [0.717, 1.165) is 11.4 Å². The average molecular weight is 349 g/mol. The monoisotopic (exact) mass is 348 g/mol. The van der Waals surface area contributed by atoms with Crippen LogP contribution >= 0.6 is 34.5 Å². The molecule has 1 N–H and O–H groups in total. The predicted molar refractivity (Wildman–Crippen MR) is 91.7 cm³/mol. The lowest BCUT2D eigenvalue weighted by molar-refractivity contribution is 0.104. The van der Waals surface area contributed by atoms with Crippen molar-refractivity contribution in [1.29, 1.82) is 0 Å². The molecule has 1 aromatic carbocycles. The highest BCUT2D eigenvalue weighted by Crippen LogP contribution is 2.30. The number of anilines is 2. The summed E-state index contributed by atoms with van der Waals surface area (Å²) in [5.41, 5.74) is 2.06. The van der Waals surface area contributed by atoms with Gasteiger partial charge in [-0.15, -0.1) is 11.3 Å². The average Bonchev–Trinajstić information content (AvgIpc) is 2.94. The van der Waals surface area contributed by atoms with Gasteiger partial charge in [-0.25, -0.2) is 0 Å². The number of carbonyl (C=O) groups is 1. The summed E-state index contributed by atoms with van der Waals surface area (Å²) in [6.07, 6.45) is 3.41. The van der Waals surface area contributed by atoms with Gasteiger partial charge in [0.05, 0.1) is 26.8 Å². The Kier molecular flexibility index (Phi) is 4.43. The zero-order valence-corrected chi connectivity index (χ0v) is 13.5. The van der Waals surface area contributed by atoms with E-state index < -0.39 is 0 Å². The molecule has 3 nitrogen and oxygen atoms in total. The van der Waals surface area contributed by atoms with E-state index in [1.54, 1.807) is 42.0 Å². The molecule has 0 aliphatic carbocycles. The van der Waals surface area contributed by atoms with E-state index in [9.17, 15) is 4.79 Å². The largest absolute Gasteiger partial charge is 0.354 e. The van der Waals surface area contributed by atoms with Crippen LogP contribution in [0.4, 0.5) is 11.4 Å². The van der Waals surface area contributed by atoms with Crippen LogP contribution in [0, 0.1) is 0 Å². The number of nitrogens with one attached hydrogen (secondary N) is 1. The van der Waals surface area contributed by atoms with Gasteiger partial charge in [0.15, 0.2) is 0 Å². The first-order valence-electron chi connectivity index (χ1n) is 6.39. The summed E-state index contributed by atoms with van der Waals surface area (Å²) < 4.78 is 0. The van der Waals surface area contributed by atoms with Crippen molar-refractivity contribution in [3.05, 3.63) is 74.7 Å². The van der Waals surface area contributed by atoms with Gasteiger partial charge in [-0.05, 0) is 41.8 Å². The minimum atomic E-state index is -0.169. The summed E-state index contributed by atoms with van der Waals surface area (Å²) in [4.78, 5) is 17.0. The smallest absolute Gasteiger partial charge is 0.205 e. The van der Waals surface area contributed by atoms with E-state index in [1.165, 1.54) is 11.3 Å². The molecule has 0 unspecified atom stereocenters. The molecule has 0 aliphatic heterocycles. The lowest BCUT2D eigenvalue weighted by atomic mass is 10.1. The Balaban J connectivity index is 1.87. The number of nitrogens with zero attached hydrogens (tertiary/aromatic N) is 1. The second-order valence-corrected chi connectivity index (χ2v) is 6.22. The van der Waals surface area contributed by atoms with Crippen molar-refractivity contribution < 1.29 is 4.79 Å². The Morgan fingerprint density at radius 1 is 1.09 bits per heavy atom. The molecule has 3 aromatic rings. The van der Waals surface area contributed by atoms with Gasteiger partial charge in [0.25, 0.3) is 0 Å². The molecule has 0 radical (unpaired) electrons. The molecule has 0 spiro atoms. The molecule has 0 atom stereocenters. The van der Waals surface area contributed by atoms with E-state index in [-0.39, 0.29) is 5.78 Å². The first kappa shape index (κ1) is 15.0. The predicted octanol–water partition coefficient (Wildman–Crippen LogP) is 5.42. The van der Waals surface area contributed by atoms with Gasteiger partial charge < -0.3 is 5.32 Å². The maximum absolute atomic E-state index is 12.4. The van der Waals surface area contributed by atoms with Crippen LogP contribution < -0.4 is 5.32 Å². The maximum atomic E-state index is 12.4. The molecule has 22 heavy (non-hydrogen) atoms. The number of benzene rings is 1. The molecule has 0 saturated carbocycles. The number of hydrogen-bond acceptors (Lipinski definition) is 4. The number of aromatic nitrogens is 1. The molecule has 0 amide bonds. The molecule has 3 rings (SSSR count). The van der Waals surface area contributed by atoms with E-state index in [4.69, 9.17) is 23.2 Å². The third-order valence-electron chi connectivity index (χ3n) is 2.99. The normalized spacial score (nSPS) is 10.5. The Morgan fingerprint density at radius 3 is 2.59 bits per heavy atom. The van der Waals surface area contributed by atoms with Gasteiger partial charge in [0, 0.05) is 17.4 Å². The van der Waals surface area contributed by atoms with Gasteiger partial charge in [0.2, 0.25) is 5.78 Å². The summed E-state index contributed by atoms with van der Waals surface area (Å²) in [6.45, 7) is 0. The topological polar surface area (TPSA) is 42.0 Å². The third-order valence-corrected chi connectivity index (χ3v) is 4.64. The molecule has 2 aromatic heterocycles. The van der Waals surface area contributed by atoms with Crippen molar-refractivity contribution in [2.24, 2.45) is 0 Å². The summed E-state index contributed by atoms with van der Waals surface area (Å²) in [5.74, 6) is -0.169. The molecule has 0 aliphatic rings. The second kappa shape index (κ2) is 6.48. The molecule has 0 bridgehead atoms. The lowest BCUT2D eigenvalue weighted by Crippen LogP contribution is -2.01. The molecule has 0 saturated heterocycles. The quantitative estimate of drug-likeness (QED) is 0.639. The van der Waals surface area contributed by atoms with Crippen LogP contribution in [0.25, 0.3) is 0 Å². The van der Waals surface area contributed by atoms with Crippen molar-refractivity contribution in [3.8, 4) is 0 Å². The Hall–Kier alpha value is -1.88. The Labute approximate surface area is 141 Å². The number of carbonyl (C=O) groups excluding carboxylic acids is 1. The zero-order chi connectivity index (χ0) is 15.5.